The molecule has 0 amide bonds. The van der Waals surface area contributed by atoms with Crippen LogP contribution in [0.3, 0.4) is 0 Å². The number of hydrogen-bond donors (Lipinski definition) is 0. The Hall–Kier alpha value is -0.970. The van der Waals surface area contributed by atoms with Crippen LogP contribution in [0.25, 0.3) is 0 Å². The van der Waals surface area contributed by atoms with Gasteiger partial charge in [-0.05, 0) is 43.5 Å². The summed E-state index contributed by atoms with van der Waals surface area (Å²) in [5.41, 5.74) is 0.913. The Bertz CT molecular complexity index is 454. The quantitative estimate of drug-likeness (QED) is 0.493. The lowest BCUT2D eigenvalue weighted by Gasteiger charge is -2.10. The lowest BCUT2D eigenvalue weighted by molar-refractivity contribution is 0.336. The highest BCUT2D eigenvalue weighted by Crippen LogP contribution is 2.47. The van der Waals surface area contributed by atoms with Crippen LogP contribution < -0.4 is 0 Å². The Morgan fingerprint density at radius 1 is 1.25 bits per heavy atom. The number of benzene rings is 1. The minimum atomic E-state index is -0.0993. The zero-order valence-corrected chi connectivity index (χ0v) is 9.76. The summed E-state index contributed by atoms with van der Waals surface area (Å²) in [6.07, 6.45) is 5.20. The van der Waals surface area contributed by atoms with Crippen molar-refractivity contribution in [2.75, 3.05) is 0 Å². The average molecular weight is 233 g/mol. The van der Waals surface area contributed by atoms with Gasteiger partial charge in [0, 0.05) is 10.6 Å². The first-order valence-corrected chi connectivity index (χ1v) is 6.13. The SMILES string of the molecule is Clc1ccc(C#CC23CCCCC2O3)cc1. The molecule has 1 saturated heterocycles. The van der Waals surface area contributed by atoms with E-state index in [0.29, 0.717) is 6.10 Å². The molecule has 0 aromatic heterocycles. The normalized spacial score (nSPS) is 31.2. The zero-order valence-electron chi connectivity index (χ0n) is 9.00. The van der Waals surface area contributed by atoms with Crippen molar-refractivity contribution in [1.29, 1.82) is 0 Å². The third kappa shape index (κ3) is 1.84. The molecular formula is C14H13ClO. The Labute approximate surface area is 101 Å². The van der Waals surface area contributed by atoms with E-state index in [1.54, 1.807) is 0 Å². The Balaban J connectivity index is 1.78. The monoisotopic (exact) mass is 232 g/mol. The molecule has 3 rings (SSSR count). The van der Waals surface area contributed by atoms with Crippen molar-refractivity contribution in [3.63, 3.8) is 0 Å². The number of halogens is 1. The molecule has 1 aliphatic heterocycles. The van der Waals surface area contributed by atoms with Crippen LogP contribution >= 0.6 is 11.6 Å². The van der Waals surface area contributed by atoms with Gasteiger partial charge in [-0.15, -0.1) is 0 Å². The smallest absolute Gasteiger partial charge is 0.155 e. The van der Waals surface area contributed by atoms with Gasteiger partial charge in [-0.3, -0.25) is 0 Å². The maximum atomic E-state index is 5.82. The summed E-state index contributed by atoms with van der Waals surface area (Å²) in [7, 11) is 0. The third-order valence-corrected chi connectivity index (χ3v) is 3.59. The fourth-order valence-corrected chi connectivity index (χ4v) is 2.46. The summed E-state index contributed by atoms with van der Waals surface area (Å²) < 4.78 is 5.71. The second-order valence-electron chi connectivity index (χ2n) is 4.50. The van der Waals surface area contributed by atoms with Crippen LogP contribution in [0.5, 0.6) is 0 Å². The lowest BCUT2D eigenvalue weighted by atomic mass is 9.89. The van der Waals surface area contributed by atoms with Crippen molar-refractivity contribution in [3.05, 3.63) is 34.9 Å². The van der Waals surface area contributed by atoms with Crippen LogP contribution in [0.2, 0.25) is 5.02 Å². The van der Waals surface area contributed by atoms with E-state index in [4.69, 9.17) is 16.3 Å². The molecular weight excluding hydrogens is 220 g/mol. The predicted octanol–water partition coefficient (Wildman–Crippen LogP) is 3.40. The lowest BCUT2D eigenvalue weighted by Crippen LogP contribution is -2.16. The molecule has 2 aliphatic rings. The number of ether oxygens (including phenoxy) is 1. The van der Waals surface area contributed by atoms with E-state index >= 15 is 0 Å². The van der Waals surface area contributed by atoms with Gasteiger partial charge in [-0.25, -0.2) is 0 Å². The molecule has 0 radical (unpaired) electrons. The van der Waals surface area contributed by atoms with Gasteiger partial charge >= 0.3 is 0 Å². The van der Waals surface area contributed by atoms with E-state index in [1.165, 1.54) is 19.3 Å². The molecule has 1 nitrogen and oxygen atoms in total. The van der Waals surface area contributed by atoms with E-state index in [1.807, 2.05) is 24.3 Å². The van der Waals surface area contributed by atoms with E-state index in [9.17, 15) is 0 Å². The first kappa shape index (κ1) is 10.2. The first-order valence-electron chi connectivity index (χ1n) is 5.75. The van der Waals surface area contributed by atoms with Gasteiger partial charge in [-0.1, -0.05) is 29.9 Å². The van der Waals surface area contributed by atoms with Gasteiger partial charge in [0.1, 0.15) is 0 Å². The average Bonchev–Trinajstić information content (AvgIpc) is 3.03. The second kappa shape index (κ2) is 3.80. The second-order valence-corrected chi connectivity index (χ2v) is 4.94. The molecule has 2 atom stereocenters. The van der Waals surface area contributed by atoms with Crippen LogP contribution in [0.15, 0.2) is 24.3 Å². The molecule has 82 valence electrons. The summed E-state index contributed by atoms with van der Waals surface area (Å²) in [5, 5.41) is 0.752. The van der Waals surface area contributed by atoms with Crippen molar-refractivity contribution < 1.29 is 4.74 Å². The Morgan fingerprint density at radius 3 is 2.81 bits per heavy atom. The van der Waals surface area contributed by atoms with Crippen LogP contribution in [0.4, 0.5) is 0 Å². The van der Waals surface area contributed by atoms with Crippen LogP contribution in [0, 0.1) is 11.8 Å². The van der Waals surface area contributed by atoms with Crippen molar-refractivity contribution in [2.24, 2.45) is 0 Å². The molecule has 1 aromatic carbocycles. The molecule has 2 unspecified atom stereocenters. The van der Waals surface area contributed by atoms with Gasteiger partial charge in [-0.2, -0.15) is 0 Å². The van der Waals surface area contributed by atoms with Crippen molar-refractivity contribution in [1.82, 2.24) is 0 Å². The number of fused-ring (bicyclic) bond motifs is 1. The zero-order chi connectivity index (χ0) is 11.0. The predicted molar refractivity (Wildman–Crippen MR) is 64.4 cm³/mol. The highest BCUT2D eigenvalue weighted by molar-refractivity contribution is 6.30. The Morgan fingerprint density at radius 2 is 2.06 bits per heavy atom. The van der Waals surface area contributed by atoms with Crippen molar-refractivity contribution in [2.45, 2.75) is 37.4 Å². The molecule has 16 heavy (non-hydrogen) atoms. The van der Waals surface area contributed by atoms with Gasteiger partial charge in [0.25, 0.3) is 0 Å². The van der Waals surface area contributed by atoms with Gasteiger partial charge < -0.3 is 4.74 Å². The largest absolute Gasteiger partial charge is 0.352 e. The fourth-order valence-electron chi connectivity index (χ4n) is 2.33. The van der Waals surface area contributed by atoms with E-state index in [0.717, 1.165) is 17.0 Å². The maximum Gasteiger partial charge on any atom is 0.155 e. The third-order valence-electron chi connectivity index (χ3n) is 3.34. The molecule has 1 heterocycles. The number of rotatable bonds is 0. The topological polar surface area (TPSA) is 12.5 Å². The van der Waals surface area contributed by atoms with Crippen molar-refractivity contribution >= 4 is 11.6 Å². The molecule has 2 fully saturated rings. The molecule has 2 heteroatoms. The minimum absolute atomic E-state index is 0.0993. The number of epoxide rings is 1. The van der Waals surface area contributed by atoms with E-state index in [-0.39, 0.29) is 5.60 Å². The summed E-state index contributed by atoms with van der Waals surface area (Å²) in [5.74, 6) is 6.48. The molecule has 1 aliphatic carbocycles. The summed E-state index contributed by atoms with van der Waals surface area (Å²) in [6, 6.07) is 7.64. The van der Waals surface area contributed by atoms with E-state index in [2.05, 4.69) is 11.8 Å². The molecule has 0 spiro atoms. The van der Waals surface area contributed by atoms with Crippen molar-refractivity contribution in [3.8, 4) is 11.8 Å². The van der Waals surface area contributed by atoms with Crippen LogP contribution in [-0.4, -0.2) is 11.7 Å². The minimum Gasteiger partial charge on any atom is -0.352 e. The summed E-state index contributed by atoms with van der Waals surface area (Å²) in [6.45, 7) is 0. The molecule has 0 N–H and O–H groups in total. The summed E-state index contributed by atoms with van der Waals surface area (Å²) in [4.78, 5) is 0. The summed E-state index contributed by atoms with van der Waals surface area (Å²) >= 11 is 5.82. The molecule has 0 bridgehead atoms. The van der Waals surface area contributed by atoms with Crippen LogP contribution in [-0.2, 0) is 4.74 Å². The fraction of sp³-hybridized carbons (Fsp3) is 0.429. The first-order chi connectivity index (χ1) is 7.78. The highest BCUT2D eigenvalue weighted by atomic mass is 35.5. The van der Waals surface area contributed by atoms with Gasteiger partial charge in [0.15, 0.2) is 5.60 Å². The van der Waals surface area contributed by atoms with Crippen LogP contribution in [0.1, 0.15) is 31.2 Å². The molecule has 1 saturated carbocycles. The van der Waals surface area contributed by atoms with Gasteiger partial charge in [0.05, 0.1) is 6.10 Å². The highest BCUT2D eigenvalue weighted by Gasteiger charge is 2.56. The molecule has 1 aromatic rings. The Kier molecular flexibility index (Phi) is 2.42. The van der Waals surface area contributed by atoms with E-state index < -0.39 is 0 Å². The van der Waals surface area contributed by atoms with Gasteiger partial charge in [0.2, 0.25) is 0 Å². The standard InChI is InChI=1S/C14H13ClO/c15-12-6-4-11(5-7-12)8-10-14-9-2-1-3-13(14)16-14/h4-7,13H,1-3,9H2. The maximum absolute atomic E-state index is 5.82. The number of hydrogen-bond acceptors (Lipinski definition) is 1.